The van der Waals surface area contributed by atoms with Crippen LogP contribution >= 0.6 is 0 Å². The fourth-order valence-electron chi connectivity index (χ4n) is 3.22. The van der Waals surface area contributed by atoms with Gasteiger partial charge in [-0.25, -0.2) is 9.59 Å². The van der Waals surface area contributed by atoms with E-state index in [9.17, 15) is 0 Å². The Morgan fingerprint density at radius 1 is 0.968 bits per heavy atom. The van der Waals surface area contributed by atoms with Crippen LogP contribution in [0.5, 0.6) is 17.2 Å². The molecule has 8 nitrogen and oxygen atoms in total. The Hall–Kier alpha value is -3.78. The van der Waals surface area contributed by atoms with Crippen molar-refractivity contribution in [1.29, 1.82) is 0 Å². The van der Waals surface area contributed by atoms with Gasteiger partial charge in [0.15, 0.2) is 11.5 Å². The van der Waals surface area contributed by atoms with Crippen LogP contribution in [0.4, 0.5) is 0 Å². The minimum Gasteiger partial charge on any atom is -0.496 e. The summed E-state index contributed by atoms with van der Waals surface area (Å²) in [6, 6.07) is 18.7. The number of rotatable bonds is 6. The molecule has 0 radical (unpaired) electrons. The van der Waals surface area contributed by atoms with Gasteiger partial charge >= 0.3 is 11.9 Å². The van der Waals surface area contributed by atoms with E-state index in [2.05, 4.69) is 41.7 Å². The number of aliphatic carboxylic acids is 2. The highest BCUT2D eigenvalue weighted by Crippen LogP contribution is 2.32. The molecule has 0 bridgehead atoms. The molecule has 0 aliphatic carbocycles. The molecule has 0 spiro atoms. The van der Waals surface area contributed by atoms with Gasteiger partial charge in [-0.15, -0.1) is 0 Å². The van der Waals surface area contributed by atoms with Crippen LogP contribution in [-0.4, -0.2) is 42.6 Å². The lowest BCUT2D eigenvalue weighted by Crippen LogP contribution is -2.16. The average Bonchev–Trinajstić information content (AvgIpc) is 3.25. The van der Waals surface area contributed by atoms with Gasteiger partial charge in [0.2, 0.25) is 6.79 Å². The molecule has 0 saturated heterocycles. The molecule has 1 aliphatic heterocycles. The molecule has 0 saturated carbocycles. The van der Waals surface area contributed by atoms with Crippen LogP contribution in [0, 0.1) is 0 Å². The fourth-order valence-corrected chi connectivity index (χ4v) is 3.22. The standard InChI is InChI=1S/C21H21NO3.C2H2O4/c1-23-19-9-7-16(17-4-2-3-5-18(17)19)13-22-11-10-15-6-8-20-21(12-15)25-14-24-20;3-1(4)2(5)6/h2-9,12,22H,10-11,13-14H2,1H3;(H,3,4)(H,5,6). The van der Waals surface area contributed by atoms with Crippen molar-refractivity contribution >= 4 is 22.7 Å². The second-order valence-corrected chi connectivity index (χ2v) is 6.70. The fraction of sp³-hybridized carbons (Fsp3) is 0.217. The van der Waals surface area contributed by atoms with E-state index < -0.39 is 11.9 Å². The molecular formula is C23H23NO7. The molecule has 0 amide bonds. The van der Waals surface area contributed by atoms with Gasteiger partial charge in [0.25, 0.3) is 0 Å². The van der Waals surface area contributed by atoms with E-state index in [0.29, 0.717) is 6.79 Å². The van der Waals surface area contributed by atoms with Crippen LogP contribution in [0.2, 0.25) is 0 Å². The van der Waals surface area contributed by atoms with Crippen molar-refractivity contribution in [1.82, 2.24) is 5.32 Å². The molecular weight excluding hydrogens is 402 g/mol. The summed E-state index contributed by atoms with van der Waals surface area (Å²) in [7, 11) is 1.71. The number of benzene rings is 3. The minimum atomic E-state index is -1.82. The van der Waals surface area contributed by atoms with Gasteiger partial charge in [-0.2, -0.15) is 0 Å². The maximum absolute atomic E-state index is 9.10. The van der Waals surface area contributed by atoms with Gasteiger partial charge < -0.3 is 29.7 Å². The lowest BCUT2D eigenvalue weighted by Gasteiger charge is -2.11. The molecule has 0 atom stereocenters. The Balaban J connectivity index is 0.000000401. The van der Waals surface area contributed by atoms with E-state index in [0.717, 1.165) is 42.1 Å². The molecule has 1 aliphatic rings. The zero-order valence-corrected chi connectivity index (χ0v) is 17.0. The van der Waals surface area contributed by atoms with Crippen LogP contribution in [-0.2, 0) is 22.6 Å². The second kappa shape index (κ2) is 10.3. The van der Waals surface area contributed by atoms with E-state index in [1.165, 1.54) is 16.5 Å². The number of carboxylic acid groups (broad SMARTS) is 2. The van der Waals surface area contributed by atoms with E-state index in [1.54, 1.807) is 7.11 Å². The van der Waals surface area contributed by atoms with Gasteiger partial charge in [0.05, 0.1) is 7.11 Å². The molecule has 0 fully saturated rings. The highest BCUT2D eigenvalue weighted by molar-refractivity contribution is 6.27. The van der Waals surface area contributed by atoms with E-state index in [1.807, 2.05) is 18.2 Å². The van der Waals surface area contributed by atoms with Crippen LogP contribution in [0.15, 0.2) is 54.6 Å². The summed E-state index contributed by atoms with van der Waals surface area (Å²) in [5.74, 6) is -1.05. The number of methoxy groups -OCH3 is 1. The number of hydrogen-bond donors (Lipinski definition) is 3. The molecule has 0 unspecified atom stereocenters. The number of nitrogens with one attached hydrogen (secondary N) is 1. The SMILES string of the molecule is COc1ccc(CNCCc2ccc3c(c2)OCO3)c2ccccc12.O=C(O)C(=O)O. The molecule has 0 aromatic heterocycles. The Morgan fingerprint density at radius 2 is 1.68 bits per heavy atom. The average molecular weight is 425 g/mol. The Labute approximate surface area is 179 Å². The third kappa shape index (κ3) is 5.64. The third-order valence-corrected chi connectivity index (χ3v) is 4.72. The maximum Gasteiger partial charge on any atom is 0.414 e. The first-order valence-corrected chi connectivity index (χ1v) is 9.59. The summed E-state index contributed by atoms with van der Waals surface area (Å²) >= 11 is 0. The lowest BCUT2D eigenvalue weighted by atomic mass is 10.0. The summed E-state index contributed by atoms with van der Waals surface area (Å²) in [5.41, 5.74) is 2.53. The summed E-state index contributed by atoms with van der Waals surface area (Å²) in [4.78, 5) is 18.2. The molecule has 3 aromatic carbocycles. The predicted octanol–water partition coefficient (Wildman–Crippen LogP) is 3.07. The third-order valence-electron chi connectivity index (χ3n) is 4.72. The quantitative estimate of drug-likeness (QED) is 0.408. The molecule has 8 heteroatoms. The highest BCUT2D eigenvalue weighted by Gasteiger charge is 2.13. The summed E-state index contributed by atoms with van der Waals surface area (Å²) in [6.07, 6.45) is 0.949. The number of ether oxygens (including phenoxy) is 3. The molecule has 3 N–H and O–H groups in total. The van der Waals surface area contributed by atoms with E-state index >= 15 is 0 Å². The van der Waals surface area contributed by atoms with Gasteiger partial charge in [0.1, 0.15) is 5.75 Å². The smallest absolute Gasteiger partial charge is 0.414 e. The van der Waals surface area contributed by atoms with Crippen LogP contribution < -0.4 is 19.5 Å². The number of hydrogen-bond acceptors (Lipinski definition) is 6. The van der Waals surface area contributed by atoms with Crippen molar-refractivity contribution < 1.29 is 34.0 Å². The largest absolute Gasteiger partial charge is 0.496 e. The van der Waals surface area contributed by atoms with Gasteiger partial charge in [0, 0.05) is 11.9 Å². The molecule has 4 rings (SSSR count). The van der Waals surface area contributed by atoms with Gasteiger partial charge in [-0.05, 0) is 47.7 Å². The highest BCUT2D eigenvalue weighted by atomic mass is 16.7. The maximum atomic E-state index is 9.10. The minimum absolute atomic E-state index is 0.321. The normalized spacial score (nSPS) is 11.5. The van der Waals surface area contributed by atoms with Crippen molar-refractivity contribution in [3.8, 4) is 17.2 Å². The van der Waals surface area contributed by atoms with Gasteiger partial charge in [-0.1, -0.05) is 36.4 Å². The monoisotopic (exact) mass is 425 g/mol. The topological polar surface area (TPSA) is 114 Å². The van der Waals surface area contributed by atoms with E-state index in [4.69, 9.17) is 34.0 Å². The first-order chi connectivity index (χ1) is 15.0. The molecule has 31 heavy (non-hydrogen) atoms. The molecule has 1 heterocycles. The van der Waals surface area contributed by atoms with Crippen LogP contribution in [0.25, 0.3) is 10.8 Å². The van der Waals surface area contributed by atoms with Crippen LogP contribution in [0.3, 0.4) is 0 Å². The lowest BCUT2D eigenvalue weighted by molar-refractivity contribution is -0.159. The zero-order chi connectivity index (χ0) is 22.2. The van der Waals surface area contributed by atoms with Crippen molar-refractivity contribution in [3.05, 3.63) is 65.7 Å². The summed E-state index contributed by atoms with van der Waals surface area (Å²) < 4.78 is 16.2. The van der Waals surface area contributed by atoms with E-state index in [-0.39, 0.29) is 0 Å². The predicted molar refractivity (Wildman–Crippen MR) is 114 cm³/mol. The zero-order valence-electron chi connectivity index (χ0n) is 17.0. The van der Waals surface area contributed by atoms with Crippen molar-refractivity contribution in [2.45, 2.75) is 13.0 Å². The summed E-state index contributed by atoms with van der Waals surface area (Å²) in [6.45, 7) is 2.05. The Morgan fingerprint density at radius 3 is 2.39 bits per heavy atom. The van der Waals surface area contributed by atoms with Crippen molar-refractivity contribution in [2.75, 3.05) is 20.4 Å². The summed E-state index contributed by atoms with van der Waals surface area (Å²) in [5, 5.41) is 20.7. The second-order valence-electron chi connectivity index (χ2n) is 6.70. The van der Waals surface area contributed by atoms with Crippen molar-refractivity contribution in [3.63, 3.8) is 0 Å². The number of fused-ring (bicyclic) bond motifs is 2. The number of carbonyl (C=O) groups is 2. The first-order valence-electron chi connectivity index (χ1n) is 9.59. The molecule has 3 aromatic rings. The van der Waals surface area contributed by atoms with Crippen molar-refractivity contribution in [2.24, 2.45) is 0 Å². The molecule has 162 valence electrons. The Bertz CT molecular complexity index is 1070. The van der Waals surface area contributed by atoms with Gasteiger partial charge in [-0.3, -0.25) is 0 Å². The first kappa shape index (κ1) is 21.9. The van der Waals surface area contributed by atoms with Crippen LogP contribution in [0.1, 0.15) is 11.1 Å². The number of carboxylic acids is 2. The Kier molecular flexibility index (Phi) is 7.29.